The summed E-state index contributed by atoms with van der Waals surface area (Å²) in [6.45, 7) is 1.87. The first kappa shape index (κ1) is 22.6. The highest BCUT2D eigenvalue weighted by molar-refractivity contribution is 8.18. The van der Waals surface area contributed by atoms with Gasteiger partial charge in [0.15, 0.2) is 5.17 Å². The first-order valence-corrected chi connectivity index (χ1v) is 12.1. The number of nitrogens with zero attached hydrogens (tertiary/aromatic N) is 1. The molecule has 1 aliphatic heterocycles. The predicted octanol–water partition coefficient (Wildman–Crippen LogP) is 4.66. The van der Waals surface area contributed by atoms with Gasteiger partial charge in [-0.1, -0.05) is 35.9 Å². The number of amidine groups is 1. The van der Waals surface area contributed by atoms with Crippen LogP contribution in [0, 0.1) is 6.92 Å². The van der Waals surface area contributed by atoms with E-state index in [0.717, 1.165) is 17.3 Å². The molecular formula is C24H20N2O5S2. The van der Waals surface area contributed by atoms with Crippen molar-refractivity contribution in [2.75, 3.05) is 7.11 Å². The third-order valence-electron chi connectivity index (χ3n) is 4.67. The van der Waals surface area contributed by atoms with Gasteiger partial charge in [0.25, 0.3) is 5.91 Å². The lowest BCUT2D eigenvalue weighted by Gasteiger charge is -2.10. The molecule has 7 nitrogen and oxygen atoms in total. The summed E-state index contributed by atoms with van der Waals surface area (Å²) in [6.07, 6.45) is 1.58. The van der Waals surface area contributed by atoms with Crippen LogP contribution >= 0.6 is 11.8 Å². The molecule has 3 aromatic rings. The molecule has 9 heteroatoms. The summed E-state index contributed by atoms with van der Waals surface area (Å²) in [5, 5.41) is 3.13. The molecule has 1 fully saturated rings. The summed E-state index contributed by atoms with van der Waals surface area (Å²) in [5.74, 6) is 0.503. The fraction of sp³-hybridized carbons (Fsp3) is 0.0833. The highest BCUT2D eigenvalue weighted by atomic mass is 32.2. The summed E-state index contributed by atoms with van der Waals surface area (Å²) in [7, 11) is -2.45. The Bertz CT molecular complexity index is 1350. The maximum absolute atomic E-state index is 12.7. The average molecular weight is 481 g/mol. The largest absolute Gasteiger partial charge is 0.497 e. The van der Waals surface area contributed by atoms with E-state index in [2.05, 4.69) is 10.3 Å². The van der Waals surface area contributed by atoms with Crippen molar-refractivity contribution in [3.05, 3.63) is 88.8 Å². The van der Waals surface area contributed by atoms with Gasteiger partial charge in [0, 0.05) is 5.56 Å². The van der Waals surface area contributed by atoms with Crippen molar-refractivity contribution in [1.82, 2.24) is 5.32 Å². The second-order valence-electron chi connectivity index (χ2n) is 7.07. The number of amides is 1. The van der Waals surface area contributed by atoms with Gasteiger partial charge in [-0.2, -0.15) is 8.42 Å². The Balaban J connectivity index is 1.57. The zero-order chi connectivity index (χ0) is 23.4. The molecule has 1 saturated heterocycles. The highest BCUT2D eigenvalue weighted by Crippen LogP contribution is 2.32. The number of carbonyl (C=O) groups is 1. The van der Waals surface area contributed by atoms with Crippen molar-refractivity contribution in [1.29, 1.82) is 0 Å². The van der Waals surface area contributed by atoms with Crippen molar-refractivity contribution in [3.8, 4) is 11.5 Å². The van der Waals surface area contributed by atoms with E-state index in [1.165, 1.54) is 12.1 Å². The fourth-order valence-electron chi connectivity index (χ4n) is 2.94. The minimum absolute atomic E-state index is 0.0532. The number of aliphatic imine (C=N–C) groups is 1. The zero-order valence-electron chi connectivity index (χ0n) is 17.8. The van der Waals surface area contributed by atoms with E-state index < -0.39 is 10.1 Å². The van der Waals surface area contributed by atoms with Gasteiger partial charge in [-0.15, -0.1) is 0 Å². The lowest BCUT2D eigenvalue weighted by molar-refractivity contribution is -0.115. The van der Waals surface area contributed by atoms with Crippen molar-refractivity contribution < 1.29 is 22.1 Å². The van der Waals surface area contributed by atoms with Crippen LogP contribution in [-0.4, -0.2) is 26.6 Å². The van der Waals surface area contributed by atoms with E-state index in [1.54, 1.807) is 73.8 Å². The van der Waals surface area contributed by atoms with Gasteiger partial charge in [-0.05, 0) is 67.2 Å². The average Bonchev–Trinajstić information content (AvgIpc) is 3.14. The minimum atomic E-state index is -4.03. The van der Waals surface area contributed by atoms with Gasteiger partial charge in [-0.3, -0.25) is 4.79 Å². The summed E-state index contributed by atoms with van der Waals surface area (Å²) in [6, 6.07) is 20.1. The standard InChI is InChI=1S/C24H20N2O5S2/c1-16-7-13-20(14-8-16)33(28,29)31-21-6-4-3-5-17(21)15-22-23(27)26-24(32-22)25-18-9-11-19(30-2)12-10-18/h3-15H,1-2H3,(H,25,26,27)/b22-15-. The summed E-state index contributed by atoms with van der Waals surface area (Å²) >= 11 is 1.16. The molecule has 1 aliphatic rings. The van der Waals surface area contributed by atoms with E-state index in [-0.39, 0.29) is 16.6 Å². The van der Waals surface area contributed by atoms with Gasteiger partial charge in [0.05, 0.1) is 17.7 Å². The quantitative estimate of drug-likeness (QED) is 0.407. The number of rotatable bonds is 6. The Morgan fingerprint density at radius 3 is 2.36 bits per heavy atom. The van der Waals surface area contributed by atoms with Crippen molar-refractivity contribution in [2.45, 2.75) is 11.8 Å². The van der Waals surface area contributed by atoms with Crippen molar-refractivity contribution in [3.63, 3.8) is 0 Å². The Morgan fingerprint density at radius 1 is 0.970 bits per heavy atom. The molecule has 33 heavy (non-hydrogen) atoms. The number of ether oxygens (including phenoxy) is 1. The number of methoxy groups -OCH3 is 1. The third kappa shape index (κ3) is 5.44. The maximum Gasteiger partial charge on any atom is 0.339 e. The molecule has 0 saturated carbocycles. The number of benzene rings is 3. The van der Waals surface area contributed by atoms with Crippen LogP contribution in [0.3, 0.4) is 0 Å². The molecule has 1 N–H and O–H groups in total. The van der Waals surface area contributed by atoms with E-state index in [9.17, 15) is 13.2 Å². The molecule has 1 amide bonds. The van der Waals surface area contributed by atoms with Crippen LogP contribution < -0.4 is 14.2 Å². The summed E-state index contributed by atoms with van der Waals surface area (Å²) in [5.41, 5.74) is 2.06. The highest BCUT2D eigenvalue weighted by Gasteiger charge is 2.25. The molecule has 0 spiro atoms. The molecule has 168 valence electrons. The fourth-order valence-corrected chi connectivity index (χ4v) is 4.73. The molecule has 0 aliphatic carbocycles. The number of hydrogen-bond donors (Lipinski definition) is 1. The van der Waals surface area contributed by atoms with E-state index in [0.29, 0.717) is 27.1 Å². The molecule has 0 unspecified atom stereocenters. The first-order chi connectivity index (χ1) is 15.8. The van der Waals surface area contributed by atoms with Crippen LogP contribution in [0.4, 0.5) is 5.69 Å². The normalized spacial score (nSPS) is 16.1. The van der Waals surface area contributed by atoms with Crippen molar-refractivity contribution in [2.24, 2.45) is 4.99 Å². The Kier molecular flexibility index (Phi) is 6.52. The van der Waals surface area contributed by atoms with Gasteiger partial charge in [0.1, 0.15) is 16.4 Å². The van der Waals surface area contributed by atoms with Gasteiger partial charge < -0.3 is 14.2 Å². The van der Waals surface area contributed by atoms with E-state index in [1.807, 2.05) is 6.92 Å². The third-order valence-corrected chi connectivity index (χ3v) is 6.83. The van der Waals surface area contributed by atoms with Crippen LogP contribution in [-0.2, 0) is 14.9 Å². The Morgan fingerprint density at radius 2 is 1.67 bits per heavy atom. The van der Waals surface area contributed by atoms with E-state index >= 15 is 0 Å². The smallest absolute Gasteiger partial charge is 0.339 e. The van der Waals surface area contributed by atoms with Gasteiger partial charge in [-0.25, -0.2) is 4.99 Å². The van der Waals surface area contributed by atoms with Gasteiger partial charge in [0.2, 0.25) is 0 Å². The van der Waals surface area contributed by atoms with Crippen LogP contribution in [0.5, 0.6) is 11.5 Å². The number of hydrogen-bond acceptors (Lipinski definition) is 7. The molecule has 4 rings (SSSR count). The predicted molar refractivity (Wildman–Crippen MR) is 129 cm³/mol. The summed E-state index contributed by atoms with van der Waals surface area (Å²) < 4.78 is 35.9. The molecule has 0 atom stereocenters. The van der Waals surface area contributed by atoms with E-state index in [4.69, 9.17) is 8.92 Å². The molecule has 0 bridgehead atoms. The molecular weight excluding hydrogens is 460 g/mol. The first-order valence-electron chi connectivity index (χ1n) is 9.88. The van der Waals surface area contributed by atoms with Crippen molar-refractivity contribution >= 4 is 44.7 Å². The number of carbonyl (C=O) groups excluding carboxylic acids is 1. The minimum Gasteiger partial charge on any atom is -0.497 e. The molecule has 3 aromatic carbocycles. The second-order valence-corrected chi connectivity index (χ2v) is 9.65. The monoisotopic (exact) mass is 480 g/mol. The number of aryl methyl sites for hydroxylation is 1. The molecule has 0 aromatic heterocycles. The van der Waals surface area contributed by atoms with Gasteiger partial charge >= 0.3 is 10.1 Å². The van der Waals surface area contributed by atoms with Crippen LogP contribution in [0.25, 0.3) is 6.08 Å². The SMILES string of the molecule is COc1ccc(N=C2NC(=O)/C(=C/c3ccccc3OS(=O)(=O)c3ccc(C)cc3)S2)cc1. The molecule has 1 heterocycles. The number of para-hydroxylation sites is 1. The number of thioether (sulfide) groups is 1. The maximum atomic E-state index is 12.7. The Hall–Kier alpha value is -3.56. The lowest BCUT2D eigenvalue weighted by atomic mass is 10.2. The van der Waals surface area contributed by atoms with Crippen LogP contribution in [0.1, 0.15) is 11.1 Å². The topological polar surface area (TPSA) is 94.1 Å². The van der Waals surface area contributed by atoms with Crippen LogP contribution in [0.2, 0.25) is 0 Å². The van der Waals surface area contributed by atoms with Crippen LogP contribution in [0.15, 0.2) is 87.6 Å². The summed E-state index contributed by atoms with van der Waals surface area (Å²) in [4.78, 5) is 17.3. The lowest BCUT2D eigenvalue weighted by Crippen LogP contribution is -2.19. The zero-order valence-corrected chi connectivity index (χ0v) is 19.4. The Labute approximate surface area is 196 Å². The number of nitrogens with one attached hydrogen (secondary N) is 1. The second kappa shape index (κ2) is 9.51. The molecule has 0 radical (unpaired) electrons.